The lowest BCUT2D eigenvalue weighted by Crippen LogP contribution is -1.53. The van der Waals surface area contributed by atoms with Crippen molar-refractivity contribution < 1.29 is 8.39 Å². The van der Waals surface area contributed by atoms with Gasteiger partial charge in [-0.1, -0.05) is 0 Å². The fourth-order valence-electron chi connectivity index (χ4n) is 0.265. The van der Waals surface area contributed by atoms with Crippen molar-refractivity contribution in [1.82, 2.24) is 0 Å². The molecular formula is Cl5F2N2P3S. The van der Waals surface area contributed by atoms with Crippen molar-refractivity contribution in [2.75, 3.05) is 0 Å². The van der Waals surface area contributed by atoms with Crippen LogP contribution in [0.5, 0.6) is 0 Å². The van der Waals surface area contributed by atoms with Crippen LogP contribution in [0, 0.1) is 0 Å². The van der Waals surface area contributed by atoms with E-state index in [4.69, 9.17) is 56.2 Å². The maximum atomic E-state index is 13.0. The Bertz CT molecular complexity index is 325. The molecule has 0 spiro atoms. The fraction of sp³-hybridized carbons (Fsp3) is 0. The Kier molecular flexibility index (Phi) is 6.13. The topological polar surface area (TPSA) is 24.7 Å². The van der Waals surface area contributed by atoms with Crippen LogP contribution in [-0.2, 0) is 11.8 Å². The summed E-state index contributed by atoms with van der Waals surface area (Å²) in [5.41, 5.74) is 0. The van der Waals surface area contributed by atoms with Crippen LogP contribution in [-0.4, -0.2) is 0 Å². The Morgan fingerprint density at radius 1 is 0.923 bits per heavy atom. The Morgan fingerprint density at radius 3 is 1.54 bits per heavy atom. The molecule has 0 saturated heterocycles. The van der Waals surface area contributed by atoms with Gasteiger partial charge in [-0.15, -0.1) is 0 Å². The van der Waals surface area contributed by atoms with Crippen LogP contribution in [0.1, 0.15) is 0 Å². The third-order valence-corrected chi connectivity index (χ3v) is 8.10. The van der Waals surface area contributed by atoms with Crippen LogP contribution < -0.4 is 0 Å². The lowest BCUT2D eigenvalue weighted by atomic mass is 13.9. The second-order valence-electron chi connectivity index (χ2n) is 1.49. The van der Waals surface area contributed by atoms with Gasteiger partial charge in [0.15, 0.2) is 0 Å². The SMILES string of the molecule is FP(=S)(Cl)N=P(F)(Cl)N=P(Cl)(Cl)Cl. The average Bonchev–Trinajstić information content (AvgIpc) is 1.43. The molecule has 0 aromatic rings. The summed E-state index contributed by atoms with van der Waals surface area (Å²) in [5.74, 6) is -4.15. The lowest BCUT2D eigenvalue weighted by Gasteiger charge is -2.04. The van der Waals surface area contributed by atoms with Gasteiger partial charge in [0.05, 0.1) is 0 Å². The van der Waals surface area contributed by atoms with Gasteiger partial charge in [0.25, 0.3) is 0 Å². The van der Waals surface area contributed by atoms with Crippen LogP contribution in [0.15, 0.2) is 9.03 Å². The van der Waals surface area contributed by atoms with E-state index in [9.17, 15) is 8.39 Å². The van der Waals surface area contributed by atoms with Crippen LogP contribution in [0.25, 0.3) is 0 Å². The maximum Gasteiger partial charge on any atom is 0.338 e. The summed E-state index contributed by atoms with van der Waals surface area (Å²) >= 11 is 29.4. The highest BCUT2D eigenvalue weighted by molar-refractivity contribution is 8.28. The molecule has 0 aliphatic carbocycles. The number of hydrogen-bond acceptors (Lipinski definition) is 1. The molecule has 0 N–H and O–H groups in total. The number of hydrogen-bond donors (Lipinski definition) is 0. The zero-order valence-electron chi connectivity index (χ0n) is 5.29. The maximum absolute atomic E-state index is 13.0. The van der Waals surface area contributed by atoms with Gasteiger partial charge < -0.3 is 0 Å². The number of nitrogens with zero attached hydrogens (tertiary/aromatic N) is 2. The summed E-state index contributed by atoms with van der Waals surface area (Å²) in [5, 5.41) is -3.39. The van der Waals surface area contributed by atoms with Gasteiger partial charge in [0, 0.05) is 0 Å². The van der Waals surface area contributed by atoms with E-state index >= 15 is 0 Å². The molecule has 0 aromatic carbocycles. The van der Waals surface area contributed by atoms with Gasteiger partial charge in [-0.2, -0.15) is 17.4 Å². The van der Waals surface area contributed by atoms with Crippen LogP contribution in [0.2, 0.25) is 0 Å². The molecule has 0 saturated carbocycles. The number of rotatable bonds is 2. The molecule has 0 aromatic heterocycles. The summed E-state index contributed by atoms with van der Waals surface area (Å²) in [6, 6.07) is 0. The summed E-state index contributed by atoms with van der Waals surface area (Å²) < 4.78 is 31.1. The molecule has 2 atom stereocenters. The molecule has 0 heterocycles. The third-order valence-electron chi connectivity index (χ3n) is 0.421. The summed E-state index contributed by atoms with van der Waals surface area (Å²) in [6.45, 7) is -4.37. The van der Waals surface area contributed by atoms with Gasteiger partial charge in [-0.25, -0.2) is 0 Å². The molecule has 0 fully saturated rings. The molecule has 0 bridgehead atoms. The predicted molar refractivity (Wildman–Crippen MR) is 64.5 cm³/mol. The first-order chi connectivity index (χ1) is 5.41. The van der Waals surface area contributed by atoms with Crippen molar-refractivity contribution in [3.63, 3.8) is 0 Å². The van der Waals surface area contributed by atoms with E-state index in [2.05, 4.69) is 20.8 Å². The largest absolute Gasteiger partial charge is 0.338 e. The van der Waals surface area contributed by atoms with E-state index in [0.717, 1.165) is 0 Å². The van der Waals surface area contributed by atoms with E-state index in [0.29, 0.717) is 0 Å². The second-order valence-corrected chi connectivity index (χ2v) is 16.2. The summed E-state index contributed by atoms with van der Waals surface area (Å²) in [7, 11) is 0. The van der Waals surface area contributed by atoms with E-state index in [1.165, 1.54) is 0 Å². The zero-order valence-corrected chi connectivity index (χ0v) is 12.6. The predicted octanol–water partition coefficient (Wildman–Crippen LogP) is 7.24. The van der Waals surface area contributed by atoms with Crippen molar-refractivity contribution in [3.8, 4) is 0 Å². The average molecular weight is 368 g/mol. The quantitative estimate of drug-likeness (QED) is 0.472. The highest BCUT2D eigenvalue weighted by Crippen LogP contribution is 2.78. The minimum atomic E-state index is -4.37. The lowest BCUT2D eigenvalue weighted by molar-refractivity contribution is 0.886. The Balaban J connectivity index is 5.25. The molecule has 0 aliphatic heterocycles. The summed E-state index contributed by atoms with van der Waals surface area (Å²) in [6.07, 6.45) is 0. The molecule has 2 unspecified atom stereocenters. The molecule has 13 heavy (non-hydrogen) atoms. The number of halogens is 7. The third kappa shape index (κ3) is 10.7. The van der Waals surface area contributed by atoms with Gasteiger partial charge in [0.2, 0.25) is 5.11 Å². The zero-order chi connectivity index (χ0) is 10.9. The van der Waals surface area contributed by atoms with Crippen molar-refractivity contribution in [2.45, 2.75) is 0 Å². The molecule has 0 amide bonds. The molecule has 0 aliphatic rings. The first-order valence-electron chi connectivity index (χ1n) is 2.17. The van der Waals surface area contributed by atoms with Crippen LogP contribution >= 0.6 is 74.0 Å². The van der Waals surface area contributed by atoms with E-state index < -0.39 is 17.8 Å². The minimum absolute atomic E-state index is 2.67. The van der Waals surface area contributed by atoms with Crippen molar-refractivity contribution >= 4 is 85.8 Å². The van der Waals surface area contributed by atoms with Gasteiger partial charge in [0.1, 0.15) is 0 Å². The van der Waals surface area contributed by atoms with Crippen LogP contribution in [0.3, 0.4) is 0 Å². The summed E-state index contributed by atoms with van der Waals surface area (Å²) in [4.78, 5) is 0. The van der Waals surface area contributed by atoms with Crippen molar-refractivity contribution in [2.24, 2.45) is 9.03 Å². The van der Waals surface area contributed by atoms with E-state index in [1.54, 1.807) is 0 Å². The van der Waals surface area contributed by atoms with Crippen molar-refractivity contribution in [1.29, 1.82) is 0 Å². The first-order valence-corrected chi connectivity index (χ1v) is 12.7. The molecule has 0 rings (SSSR count). The van der Waals surface area contributed by atoms with Gasteiger partial charge in [-0.05, 0) is 68.0 Å². The standard InChI is InChI=1S/Cl5F2N2P3S/c1-10(2,3)8-11(4,6)9-12(5,7)13. The highest BCUT2D eigenvalue weighted by Gasteiger charge is 2.23. The molecule has 80 valence electrons. The van der Waals surface area contributed by atoms with Crippen molar-refractivity contribution in [3.05, 3.63) is 0 Å². The second kappa shape index (κ2) is 5.17. The van der Waals surface area contributed by atoms with Gasteiger partial charge >= 0.3 is 12.7 Å². The molecular weight excluding hydrogens is 368 g/mol. The van der Waals surface area contributed by atoms with E-state index in [-0.39, 0.29) is 0 Å². The van der Waals surface area contributed by atoms with Gasteiger partial charge in [-0.3, -0.25) is 0 Å². The Morgan fingerprint density at radius 2 is 1.31 bits per heavy atom. The highest BCUT2D eigenvalue weighted by atomic mass is 36.0. The molecule has 0 radical (unpaired) electrons. The smallest absolute Gasteiger partial charge is 0.177 e. The first kappa shape index (κ1) is 15.4. The fourth-order valence-corrected chi connectivity index (χ4v) is 10.2. The Hall–Kier alpha value is 2.42. The monoisotopic (exact) mass is 366 g/mol. The van der Waals surface area contributed by atoms with E-state index in [1.807, 2.05) is 0 Å². The Labute approximate surface area is 103 Å². The minimum Gasteiger partial charge on any atom is -0.177 e. The van der Waals surface area contributed by atoms with Crippen LogP contribution in [0.4, 0.5) is 8.39 Å². The molecule has 13 heteroatoms. The molecule has 2 nitrogen and oxygen atoms in total. The normalized spacial score (nSPS) is 21.5.